The molecular formula is C23H29F3O10. The Morgan fingerprint density at radius 1 is 0.556 bits per heavy atom. The highest BCUT2D eigenvalue weighted by Gasteiger charge is 2.38. The normalized spacial score (nSPS) is 11.1. The SMILES string of the molecule is C=C(C)C(=O)OCC(COC(=O)CCC(=O)OCC(F)(F)F)(COC(=O)C(=C)C)COC(=O)C(=C)C. The minimum Gasteiger partial charge on any atom is -0.465 e. The molecule has 10 nitrogen and oxygen atoms in total. The summed E-state index contributed by atoms with van der Waals surface area (Å²) in [6, 6.07) is 0. The summed E-state index contributed by atoms with van der Waals surface area (Å²) in [5.41, 5.74) is -1.53. The zero-order chi connectivity index (χ0) is 28.1. The summed E-state index contributed by atoms with van der Waals surface area (Å²) in [6.07, 6.45) is -6.07. The lowest BCUT2D eigenvalue weighted by Gasteiger charge is -2.31. The molecule has 0 aromatic heterocycles. The number of hydrogen-bond acceptors (Lipinski definition) is 10. The number of rotatable bonds is 15. The molecule has 0 N–H and O–H groups in total. The largest absolute Gasteiger partial charge is 0.465 e. The zero-order valence-electron chi connectivity index (χ0n) is 20.3. The Morgan fingerprint density at radius 2 is 0.833 bits per heavy atom. The number of hydrogen-bond donors (Lipinski definition) is 0. The Labute approximate surface area is 206 Å². The predicted molar refractivity (Wildman–Crippen MR) is 117 cm³/mol. The number of alkyl halides is 3. The molecule has 0 aliphatic rings. The van der Waals surface area contributed by atoms with E-state index in [2.05, 4.69) is 24.5 Å². The third-order valence-electron chi connectivity index (χ3n) is 4.04. The van der Waals surface area contributed by atoms with Crippen molar-refractivity contribution in [1.82, 2.24) is 0 Å². The lowest BCUT2D eigenvalue weighted by Crippen LogP contribution is -2.44. The second-order valence-electron chi connectivity index (χ2n) is 8.01. The molecule has 0 saturated carbocycles. The maximum Gasteiger partial charge on any atom is 0.422 e. The van der Waals surface area contributed by atoms with Crippen molar-refractivity contribution in [2.75, 3.05) is 33.0 Å². The molecule has 0 atom stereocenters. The van der Waals surface area contributed by atoms with Gasteiger partial charge < -0.3 is 23.7 Å². The van der Waals surface area contributed by atoms with Crippen molar-refractivity contribution >= 4 is 29.8 Å². The summed E-state index contributed by atoms with van der Waals surface area (Å²) < 4.78 is 60.7. The standard InChI is InChI=1S/C23H29F3O10/c1-14(2)19(29)34-10-22(11-35-20(30)15(3)4,12-36-21(31)16(5)6)9-32-17(27)7-8-18(28)33-13-23(24,25)26/h1,3,5,7-13H2,2,4,6H3. The first-order valence-corrected chi connectivity index (χ1v) is 10.3. The van der Waals surface area contributed by atoms with E-state index in [-0.39, 0.29) is 16.7 Å². The van der Waals surface area contributed by atoms with Crippen molar-refractivity contribution in [2.24, 2.45) is 5.41 Å². The first-order chi connectivity index (χ1) is 16.5. The minimum atomic E-state index is -4.72. The monoisotopic (exact) mass is 522 g/mol. The van der Waals surface area contributed by atoms with Gasteiger partial charge in [0.15, 0.2) is 6.61 Å². The van der Waals surface area contributed by atoms with E-state index >= 15 is 0 Å². The average Bonchev–Trinajstić information content (AvgIpc) is 2.78. The second-order valence-corrected chi connectivity index (χ2v) is 8.01. The van der Waals surface area contributed by atoms with Crippen molar-refractivity contribution in [1.29, 1.82) is 0 Å². The van der Waals surface area contributed by atoms with E-state index in [1.165, 1.54) is 20.8 Å². The van der Waals surface area contributed by atoms with E-state index in [9.17, 15) is 37.1 Å². The third kappa shape index (κ3) is 13.9. The van der Waals surface area contributed by atoms with Crippen molar-refractivity contribution in [2.45, 2.75) is 39.8 Å². The number of halogens is 3. The molecule has 36 heavy (non-hydrogen) atoms. The fraction of sp³-hybridized carbons (Fsp3) is 0.522. The minimum absolute atomic E-state index is 0.0242. The summed E-state index contributed by atoms with van der Waals surface area (Å²) >= 11 is 0. The fourth-order valence-electron chi connectivity index (χ4n) is 2.02. The van der Waals surface area contributed by atoms with Gasteiger partial charge >= 0.3 is 36.0 Å². The third-order valence-corrected chi connectivity index (χ3v) is 4.04. The van der Waals surface area contributed by atoms with Crippen molar-refractivity contribution in [3.05, 3.63) is 36.5 Å². The molecule has 0 unspecified atom stereocenters. The molecule has 0 amide bonds. The lowest BCUT2D eigenvalue weighted by molar-refractivity contribution is -0.186. The Balaban J connectivity index is 5.51. The average molecular weight is 522 g/mol. The van der Waals surface area contributed by atoms with Crippen LogP contribution in [0.2, 0.25) is 0 Å². The molecule has 202 valence electrons. The van der Waals surface area contributed by atoms with Crippen LogP contribution < -0.4 is 0 Å². The highest BCUT2D eigenvalue weighted by Crippen LogP contribution is 2.23. The van der Waals surface area contributed by atoms with E-state index in [0.717, 1.165) is 0 Å². The van der Waals surface area contributed by atoms with Crippen molar-refractivity contribution in [3.8, 4) is 0 Å². The van der Waals surface area contributed by atoms with E-state index < -0.39 is 87.3 Å². The molecule has 13 heteroatoms. The quantitative estimate of drug-likeness (QED) is 0.180. The van der Waals surface area contributed by atoms with Crippen LogP contribution in [0, 0.1) is 5.41 Å². The van der Waals surface area contributed by atoms with Crippen LogP contribution >= 0.6 is 0 Å². The molecule has 0 aromatic carbocycles. The van der Waals surface area contributed by atoms with Crippen molar-refractivity contribution < 1.29 is 60.8 Å². The maximum atomic E-state index is 12.1. The number of carbonyl (C=O) groups is 5. The Bertz CT molecular complexity index is 815. The number of esters is 5. The van der Waals surface area contributed by atoms with Gasteiger partial charge in [0.2, 0.25) is 0 Å². The topological polar surface area (TPSA) is 132 Å². The lowest BCUT2D eigenvalue weighted by atomic mass is 9.92. The van der Waals surface area contributed by atoms with Crippen LogP contribution in [0.3, 0.4) is 0 Å². The highest BCUT2D eigenvalue weighted by molar-refractivity contribution is 5.88. The first kappa shape index (κ1) is 32.4. The van der Waals surface area contributed by atoms with E-state index in [4.69, 9.17) is 18.9 Å². The molecule has 0 aliphatic heterocycles. The zero-order valence-corrected chi connectivity index (χ0v) is 20.3. The van der Waals surface area contributed by atoms with Crippen LogP contribution in [0.5, 0.6) is 0 Å². The molecule has 0 spiro atoms. The van der Waals surface area contributed by atoms with Gasteiger partial charge in [-0.25, -0.2) is 14.4 Å². The summed E-state index contributed by atoms with van der Waals surface area (Å²) in [5.74, 6) is -4.83. The summed E-state index contributed by atoms with van der Waals surface area (Å²) in [4.78, 5) is 59.3. The molecule has 0 bridgehead atoms. The smallest absolute Gasteiger partial charge is 0.422 e. The van der Waals surface area contributed by atoms with Gasteiger partial charge in [-0.1, -0.05) is 19.7 Å². The van der Waals surface area contributed by atoms with Crippen LogP contribution in [0.4, 0.5) is 13.2 Å². The van der Waals surface area contributed by atoms with Gasteiger partial charge in [-0.2, -0.15) is 13.2 Å². The maximum absolute atomic E-state index is 12.1. The van der Waals surface area contributed by atoms with Crippen LogP contribution in [0.15, 0.2) is 36.5 Å². The first-order valence-electron chi connectivity index (χ1n) is 10.3. The fourth-order valence-corrected chi connectivity index (χ4v) is 2.02. The molecule has 0 fully saturated rings. The molecule has 0 heterocycles. The Hall–Kier alpha value is -3.64. The van der Waals surface area contributed by atoms with Crippen molar-refractivity contribution in [3.63, 3.8) is 0 Å². The van der Waals surface area contributed by atoms with E-state index in [0.29, 0.717) is 0 Å². The summed E-state index contributed by atoms with van der Waals surface area (Å²) in [6.45, 7) is 10.2. The highest BCUT2D eigenvalue weighted by atomic mass is 19.4. The molecule has 0 rings (SSSR count). The van der Waals surface area contributed by atoms with Crippen LogP contribution in [0.1, 0.15) is 33.6 Å². The predicted octanol–water partition coefficient (Wildman–Crippen LogP) is 2.76. The molecule has 0 radical (unpaired) electrons. The second kappa shape index (κ2) is 14.7. The molecule has 0 aliphatic carbocycles. The van der Waals surface area contributed by atoms with E-state index in [1.807, 2.05) is 0 Å². The van der Waals surface area contributed by atoms with Gasteiger partial charge in [-0.15, -0.1) is 0 Å². The van der Waals surface area contributed by atoms with Gasteiger partial charge in [0.1, 0.15) is 31.8 Å². The molecule has 0 aromatic rings. The summed E-state index contributed by atoms with van der Waals surface area (Å²) in [7, 11) is 0. The Kier molecular flexibility index (Phi) is 13.2. The van der Waals surface area contributed by atoms with Gasteiger partial charge in [0.25, 0.3) is 0 Å². The van der Waals surface area contributed by atoms with Crippen LogP contribution in [-0.2, 0) is 47.7 Å². The number of carbonyl (C=O) groups excluding carboxylic acids is 5. The Morgan fingerprint density at radius 3 is 1.11 bits per heavy atom. The van der Waals surface area contributed by atoms with Gasteiger partial charge in [-0.05, 0) is 20.8 Å². The molecular weight excluding hydrogens is 493 g/mol. The van der Waals surface area contributed by atoms with Crippen LogP contribution in [-0.4, -0.2) is 69.1 Å². The van der Waals surface area contributed by atoms with Crippen LogP contribution in [0.25, 0.3) is 0 Å². The van der Waals surface area contributed by atoms with E-state index in [1.54, 1.807) is 0 Å². The van der Waals surface area contributed by atoms with Gasteiger partial charge in [0.05, 0.1) is 12.8 Å². The molecule has 0 saturated heterocycles. The summed E-state index contributed by atoms with van der Waals surface area (Å²) in [5, 5.41) is 0. The van der Waals surface area contributed by atoms with Gasteiger partial charge in [0, 0.05) is 16.7 Å². The van der Waals surface area contributed by atoms with Gasteiger partial charge in [-0.3, -0.25) is 9.59 Å². The number of ether oxygens (including phenoxy) is 5.